The molecular formula is C16H11BrO2. The molecule has 0 radical (unpaired) electrons. The minimum absolute atomic E-state index is 0.709. The van der Waals surface area contributed by atoms with E-state index in [-0.39, 0.29) is 0 Å². The molecule has 2 nitrogen and oxygen atoms in total. The van der Waals surface area contributed by atoms with Gasteiger partial charge in [-0.05, 0) is 21.5 Å². The lowest BCUT2D eigenvalue weighted by Gasteiger charge is -2.18. The Labute approximate surface area is 120 Å². The summed E-state index contributed by atoms with van der Waals surface area (Å²) in [6.45, 7) is 0. The lowest BCUT2D eigenvalue weighted by Crippen LogP contribution is -2.02. The van der Waals surface area contributed by atoms with Crippen molar-refractivity contribution < 1.29 is 9.78 Å². The van der Waals surface area contributed by atoms with Crippen molar-refractivity contribution in [3.63, 3.8) is 0 Å². The van der Waals surface area contributed by atoms with Crippen molar-refractivity contribution in [3.8, 4) is 0 Å². The van der Waals surface area contributed by atoms with Gasteiger partial charge in [-0.1, -0.05) is 60.7 Å². The molecule has 0 spiro atoms. The minimum atomic E-state index is 0.709. The van der Waals surface area contributed by atoms with Crippen LogP contribution in [0.5, 0.6) is 0 Å². The molecule has 1 aliphatic heterocycles. The SMILES string of the molecule is BrC1=COOC(c2ccccc2)=C1c1ccccc1. The van der Waals surface area contributed by atoms with E-state index in [1.54, 1.807) is 6.26 Å². The average Bonchev–Trinajstić information content (AvgIpc) is 2.49. The van der Waals surface area contributed by atoms with Crippen molar-refractivity contribution in [2.75, 3.05) is 0 Å². The van der Waals surface area contributed by atoms with E-state index in [1.165, 1.54) is 0 Å². The molecule has 0 N–H and O–H groups in total. The zero-order chi connectivity index (χ0) is 13.1. The maximum absolute atomic E-state index is 5.37. The zero-order valence-corrected chi connectivity index (χ0v) is 11.6. The molecule has 2 aromatic rings. The standard InChI is InChI=1S/C16H11BrO2/c17-14-11-18-19-16(13-9-5-2-6-10-13)15(14)12-7-3-1-4-8-12/h1-11H. The number of rotatable bonds is 2. The van der Waals surface area contributed by atoms with E-state index >= 15 is 0 Å². The van der Waals surface area contributed by atoms with Crippen molar-refractivity contribution >= 4 is 27.3 Å². The molecule has 3 heteroatoms. The zero-order valence-electron chi connectivity index (χ0n) is 10.0. The highest BCUT2D eigenvalue weighted by Gasteiger charge is 2.21. The summed E-state index contributed by atoms with van der Waals surface area (Å²) < 4.78 is 0.865. The van der Waals surface area contributed by atoms with E-state index in [1.807, 2.05) is 60.7 Å². The van der Waals surface area contributed by atoms with Crippen molar-refractivity contribution in [2.24, 2.45) is 0 Å². The lowest BCUT2D eigenvalue weighted by molar-refractivity contribution is -0.182. The maximum Gasteiger partial charge on any atom is 0.194 e. The van der Waals surface area contributed by atoms with Crippen molar-refractivity contribution in [2.45, 2.75) is 0 Å². The summed E-state index contributed by atoms with van der Waals surface area (Å²) in [5.74, 6) is 0.709. The summed E-state index contributed by atoms with van der Waals surface area (Å²) >= 11 is 3.53. The van der Waals surface area contributed by atoms with Crippen LogP contribution in [-0.4, -0.2) is 0 Å². The second-order valence-electron chi connectivity index (χ2n) is 4.08. The Morgan fingerprint density at radius 2 is 1.32 bits per heavy atom. The van der Waals surface area contributed by atoms with Crippen LogP contribution in [0.4, 0.5) is 0 Å². The van der Waals surface area contributed by atoms with Gasteiger partial charge in [0.15, 0.2) is 12.0 Å². The van der Waals surface area contributed by atoms with Gasteiger partial charge >= 0.3 is 0 Å². The summed E-state index contributed by atoms with van der Waals surface area (Å²) in [6, 6.07) is 20.0. The Hall–Kier alpha value is -2.00. The Balaban J connectivity index is 2.19. The van der Waals surface area contributed by atoms with Gasteiger partial charge in [0.1, 0.15) is 0 Å². The van der Waals surface area contributed by atoms with Crippen molar-refractivity contribution in [1.82, 2.24) is 0 Å². The normalized spacial score (nSPS) is 14.5. The van der Waals surface area contributed by atoms with Gasteiger partial charge < -0.3 is 0 Å². The van der Waals surface area contributed by atoms with E-state index in [0.717, 1.165) is 21.2 Å². The number of hydrogen-bond donors (Lipinski definition) is 0. The summed E-state index contributed by atoms with van der Waals surface area (Å²) in [7, 11) is 0. The molecular weight excluding hydrogens is 304 g/mol. The van der Waals surface area contributed by atoms with Crippen LogP contribution in [-0.2, 0) is 9.78 Å². The van der Waals surface area contributed by atoms with E-state index in [0.29, 0.717) is 5.76 Å². The van der Waals surface area contributed by atoms with Gasteiger partial charge in [0, 0.05) is 11.1 Å². The van der Waals surface area contributed by atoms with Crippen LogP contribution in [0.3, 0.4) is 0 Å². The Bertz CT molecular complexity index is 630. The minimum Gasteiger partial charge on any atom is -0.297 e. The molecule has 0 saturated heterocycles. The van der Waals surface area contributed by atoms with Crippen LogP contribution in [0.15, 0.2) is 71.4 Å². The maximum atomic E-state index is 5.37. The number of hydrogen-bond acceptors (Lipinski definition) is 2. The molecule has 0 fully saturated rings. The highest BCUT2D eigenvalue weighted by atomic mass is 79.9. The first kappa shape index (κ1) is 12.1. The smallest absolute Gasteiger partial charge is 0.194 e. The molecule has 0 bridgehead atoms. The van der Waals surface area contributed by atoms with E-state index in [4.69, 9.17) is 9.78 Å². The highest BCUT2D eigenvalue weighted by Crippen LogP contribution is 2.38. The molecule has 1 heterocycles. The first-order valence-corrected chi connectivity index (χ1v) is 6.70. The quantitative estimate of drug-likeness (QED) is 0.744. The molecule has 2 aromatic carbocycles. The number of benzene rings is 2. The van der Waals surface area contributed by atoms with Gasteiger partial charge in [0.05, 0.1) is 4.48 Å². The van der Waals surface area contributed by atoms with Gasteiger partial charge in [-0.25, -0.2) is 0 Å². The van der Waals surface area contributed by atoms with Gasteiger partial charge in [-0.2, -0.15) is 0 Å². The molecule has 0 atom stereocenters. The lowest BCUT2D eigenvalue weighted by atomic mass is 10.0. The predicted octanol–water partition coefficient (Wildman–Crippen LogP) is 4.75. The predicted molar refractivity (Wildman–Crippen MR) is 78.9 cm³/mol. The van der Waals surface area contributed by atoms with Crippen LogP contribution in [0.1, 0.15) is 11.1 Å². The fraction of sp³-hybridized carbons (Fsp3) is 0. The molecule has 0 amide bonds. The fourth-order valence-electron chi connectivity index (χ4n) is 1.98. The van der Waals surface area contributed by atoms with Crippen LogP contribution in [0.2, 0.25) is 0 Å². The van der Waals surface area contributed by atoms with Crippen LogP contribution in [0, 0.1) is 0 Å². The van der Waals surface area contributed by atoms with Crippen LogP contribution < -0.4 is 0 Å². The first-order chi connectivity index (χ1) is 9.36. The van der Waals surface area contributed by atoms with Gasteiger partial charge in [-0.3, -0.25) is 9.78 Å². The second kappa shape index (κ2) is 5.33. The molecule has 3 rings (SSSR count). The molecule has 94 valence electrons. The summed E-state index contributed by atoms with van der Waals surface area (Å²) in [6.07, 6.45) is 1.55. The topological polar surface area (TPSA) is 18.5 Å². The average molecular weight is 315 g/mol. The molecule has 0 aromatic heterocycles. The number of halogens is 1. The van der Waals surface area contributed by atoms with E-state index in [9.17, 15) is 0 Å². The second-order valence-corrected chi connectivity index (χ2v) is 4.94. The third-order valence-corrected chi connectivity index (χ3v) is 3.43. The molecule has 0 aliphatic carbocycles. The summed E-state index contributed by atoms with van der Waals surface area (Å²) in [5, 5.41) is 0. The van der Waals surface area contributed by atoms with Gasteiger partial charge in [-0.15, -0.1) is 0 Å². The third-order valence-electron chi connectivity index (χ3n) is 2.85. The van der Waals surface area contributed by atoms with E-state index < -0.39 is 0 Å². The molecule has 1 aliphatic rings. The Morgan fingerprint density at radius 3 is 1.95 bits per heavy atom. The molecule has 0 unspecified atom stereocenters. The van der Waals surface area contributed by atoms with Crippen molar-refractivity contribution in [3.05, 3.63) is 82.5 Å². The number of allylic oxidation sites excluding steroid dienone is 2. The van der Waals surface area contributed by atoms with Gasteiger partial charge in [0.2, 0.25) is 0 Å². The monoisotopic (exact) mass is 314 g/mol. The molecule has 19 heavy (non-hydrogen) atoms. The third kappa shape index (κ3) is 2.42. The Morgan fingerprint density at radius 1 is 0.737 bits per heavy atom. The largest absolute Gasteiger partial charge is 0.297 e. The highest BCUT2D eigenvalue weighted by molar-refractivity contribution is 9.12. The van der Waals surface area contributed by atoms with Crippen LogP contribution in [0.25, 0.3) is 11.3 Å². The van der Waals surface area contributed by atoms with Crippen molar-refractivity contribution in [1.29, 1.82) is 0 Å². The summed E-state index contributed by atoms with van der Waals surface area (Å²) in [4.78, 5) is 10.4. The van der Waals surface area contributed by atoms with E-state index in [2.05, 4.69) is 15.9 Å². The Kier molecular flexibility index (Phi) is 3.38. The van der Waals surface area contributed by atoms with Gasteiger partial charge in [0.25, 0.3) is 0 Å². The fourth-order valence-corrected chi connectivity index (χ4v) is 2.46. The molecule has 0 saturated carbocycles. The van der Waals surface area contributed by atoms with Crippen LogP contribution >= 0.6 is 15.9 Å². The summed E-state index contributed by atoms with van der Waals surface area (Å²) in [5.41, 5.74) is 3.04. The first-order valence-electron chi connectivity index (χ1n) is 5.91.